The van der Waals surface area contributed by atoms with Crippen molar-refractivity contribution in [2.45, 2.75) is 25.8 Å². The number of hydrogen-bond acceptors (Lipinski definition) is 10. The largest absolute Gasteiger partial charge is 0.383 e. The fourth-order valence-corrected chi connectivity index (χ4v) is 3.91. The Morgan fingerprint density at radius 2 is 1.45 bits per heavy atom. The lowest BCUT2D eigenvalue weighted by Gasteiger charge is -2.27. The molecule has 1 aromatic carbocycles. The number of amides is 5. The summed E-state index contributed by atoms with van der Waals surface area (Å²) >= 11 is 0. The van der Waals surface area contributed by atoms with Crippen LogP contribution >= 0.6 is 0 Å². The molecule has 0 bridgehead atoms. The molecule has 1 aromatic rings. The molecule has 2 aliphatic rings. The Labute approximate surface area is 220 Å². The summed E-state index contributed by atoms with van der Waals surface area (Å²) in [5, 5.41) is 7.96. The van der Waals surface area contributed by atoms with Gasteiger partial charge in [-0.3, -0.25) is 34.2 Å². The molecule has 0 spiro atoms. The lowest BCUT2D eigenvalue weighted by Crippen LogP contribution is -2.54. The zero-order valence-electron chi connectivity index (χ0n) is 21.4. The topological polar surface area (TPSA) is 162 Å². The average Bonchev–Trinajstić information content (AvgIpc) is 3.13. The first-order chi connectivity index (χ1) is 18.4. The van der Waals surface area contributed by atoms with E-state index in [1.54, 1.807) is 18.2 Å². The van der Waals surface area contributed by atoms with Crippen molar-refractivity contribution >= 4 is 35.2 Å². The van der Waals surface area contributed by atoms with Crippen LogP contribution in [0.4, 0.5) is 5.69 Å². The third kappa shape index (κ3) is 8.58. The highest BCUT2D eigenvalue weighted by molar-refractivity contribution is 6.23. The van der Waals surface area contributed by atoms with Gasteiger partial charge in [-0.1, -0.05) is 0 Å². The molecule has 1 unspecified atom stereocenters. The smallest absolute Gasteiger partial charge is 0.262 e. The van der Waals surface area contributed by atoms with E-state index in [0.29, 0.717) is 71.6 Å². The number of nitrogens with one attached hydrogen (secondary N) is 3. The zero-order chi connectivity index (χ0) is 27.3. The first-order valence-electron chi connectivity index (χ1n) is 12.5. The lowest BCUT2D eigenvalue weighted by molar-refractivity contribution is -0.136. The minimum absolute atomic E-state index is 0.0773. The number of rotatable bonds is 17. The number of anilines is 1. The second kappa shape index (κ2) is 15.1. The third-order valence-electron chi connectivity index (χ3n) is 5.75. The van der Waals surface area contributed by atoms with Crippen LogP contribution in [0.5, 0.6) is 0 Å². The minimum Gasteiger partial charge on any atom is -0.383 e. The van der Waals surface area contributed by atoms with Crippen molar-refractivity contribution in [2.75, 3.05) is 71.3 Å². The van der Waals surface area contributed by atoms with Crippen molar-refractivity contribution in [1.29, 1.82) is 0 Å². The molecule has 5 amide bonds. The van der Waals surface area contributed by atoms with E-state index in [2.05, 4.69) is 16.0 Å². The van der Waals surface area contributed by atoms with E-state index >= 15 is 0 Å². The predicted molar refractivity (Wildman–Crippen MR) is 134 cm³/mol. The Bertz CT molecular complexity index is 1020. The van der Waals surface area contributed by atoms with Gasteiger partial charge in [0.2, 0.25) is 17.7 Å². The van der Waals surface area contributed by atoms with Gasteiger partial charge in [-0.05, 0) is 24.6 Å². The highest BCUT2D eigenvalue weighted by Crippen LogP contribution is 2.29. The number of hydrogen-bond donors (Lipinski definition) is 3. The van der Waals surface area contributed by atoms with E-state index in [-0.39, 0.29) is 29.9 Å². The number of ether oxygens (including phenoxy) is 4. The molecular weight excluding hydrogens is 500 g/mol. The Balaban J connectivity index is 1.24. The first-order valence-corrected chi connectivity index (χ1v) is 12.5. The molecule has 0 aromatic heterocycles. The fourth-order valence-electron chi connectivity index (χ4n) is 3.91. The van der Waals surface area contributed by atoms with Gasteiger partial charge in [0.25, 0.3) is 11.8 Å². The maximum atomic E-state index is 12.9. The van der Waals surface area contributed by atoms with Crippen molar-refractivity contribution in [1.82, 2.24) is 15.5 Å². The van der Waals surface area contributed by atoms with E-state index in [9.17, 15) is 24.0 Å². The summed E-state index contributed by atoms with van der Waals surface area (Å²) in [4.78, 5) is 60.8. The van der Waals surface area contributed by atoms with Crippen LogP contribution in [-0.2, 0) is 33.3 Å². The van der Waals surface area contributed by atoms with Gasteiger partial charge in [0.05, 0.1) is 64.0 Å². The predicted octanol–water partition coefficient (Wildman–Crippen LogP) is -0.298. The molecule has 1 fully saturated rings. The van der Waals surface area contributed by atoms with Gasteiger partial charge < -0.3 is 29.6 Å². The standard InChI is InChI=1S/C25H34N4O9/c1-17(30)26-6-8-35-10-12-37-14-15-38-13-11-36-9-7-27-18-2-3-19-20(16-18)25(34)29(24(19)33)21-4-5-22(31)28-23(21)32/h2-3,16,21,27H,4-15H2,1H3,(H,26,30)(H,28,31,32). The summed E-state index contributed by atoms with van der Waals surface area (Å²) in [6.07, 6.45) is 0.195. The molecule has 0 saturated carbocycles. The number of benzene rings is 1. The van der Waals surface area contributed by atoms with E-state index in [0.717, 1.165) is 4.90 Å². The van der Waals surface area contributed by atoms with E-state index in [1.165, 1.54) is 6.92 Å². The fraction of sp³-hybridized carbons (Fsp3) is 0.560. The third-order valence-corrected chi connectivity index (χ3v) is 5.75. The van der Waals surface area contributed by atoms with Crippen LogP contribution in [0.3, 0.4) is 0 Å². The molecule has 0 aliphatic carbocycles. The number of carbonyl (C=O) groups excluding carboxylic acids is 5. The van der Waals surface area contributed by atoms with Crippen LogP contribution in [0.2, 0.25) is 0 Å². The molecule has 3 N–H and O–H groups in total. The van der Waals surface area contributed by atoms with Crippen LogP contribution in [0.15, 0.2) is 18.2 Å². The normalized spacial score (nSPS) is 17.0. The highest BCUT2D eigenvalue weighted by atomic mass is 16.6. The quantitative estimate of drug-likeness (QED) is 0.179. The monoisotopic (exact) mass is 534 g/mol. The number of carbonyl (C=O) groups is 5. The van der Waals surface area contributed by atoms with Gasteiger partial charge in [-0.15, -0.1) is 0 Å². The van der Waals surface area contributed by atoms with Crippen molar-refractivity contribution in [3.63, 3.8) is 0 Å². The summed E-state index contributed by atoms with van der Waals surface area (Å²) in [6.45, 7) is 5.86. The minimum atomic E-state index is -0.986. The molecular formula is C25H34N4O9. The molecule has 13 nitrogen and oxygen atoms in total. The zero-order valence-corrected chi connectivity index (χ0v) is 21.4. The number of piperidine rings is 1. The second-order valence-electron chi connectivity index (χ2n) is 8.57. The summed E-state index contributed by atoms with van der Waals surface area (Å²) < 4.78 is 21.6. The molecule has 1 saturated heterocycles. The summed E-state index contributed by atoms with van der Waals surface area (Å²) in [6, 6.07) is 3.84. The lowest BCUT2D eigenvalue weighted by atomic mass is 10.0. The van der Waals surface area contributed by atoms with Gasteiger partial charge in [0, 0.05) is 32.1 Å². The van der Waals surface area contributed by atoms with Crippen LogP contribution < -0.4 is 16.0 Å². The van der Waals surface area contributed by atoms with E-state index < -0.39 is 29.7 Å². The maximum absolute atomic E-state index is 12.9. The van der Waals surface area contributed by atoms with Crippen molar-refractivity contribution in [3.05, 3.63) is 29.3 Å². The van der Waals surface area contributed by atoms with Crippen LogP contribution in [0.25, 0.3) is 0 Å². The molecule has 1 atom stereocenters. The van der Waals surface area contributed by atoms with E-state index in [1.807, 2.05) is 0 Å². The Morgan fingerprint density at radius 3 is 2.05 bits per heavy atom. The van der Waals surface area contributed by atoms with Gasteiger partial charge in [-0.2, -0.15) is 0 Å². The van der Waals surface area contributed by atoms with Crippen molar-refractivity contribution in [2.24, 2.45) is 0 Å². The molecule has 13 heteroatoms. The van der Waals surface area contributed by atoms with Crippen LogP contribution in [0, 0.1) is 0 Å². The number of imide groups is 2. The molecule has 208 valence electrons. The Hall–Kier alpha value is -3.39. The average molecular weight is 535 g/mol. The first kappa shape index (κ1) is 29.2. The van der Waals surface area contributed by atoms with Crippen molar-refractivity contribution in [3.8, 4) is 0 Å². The van der Waals surface area contributed by atoms with Gasteiger partial charge in [0.15, 0.2) is 0 Å². The summed E-state index contributed by atoms with van der Waals surface area (Å²) in [5.41, 5.74) is 1.10. The Morgan fingerprint density at radius 1 is 0.868 bits per heavy atom. The molecule has 3 rings (SSSR count). The van der Waals surface area contributed by atoms with Crippen molar-refractivity contribution < 1.29 is 42.9 Å². The maximum Gasteiger partial charge on any atom is 0.262 e. The second-order valence-corrected chi connectivity index (χ2v) is 8.57. The number of fused-ring (bicyclic) bond motifs is 1. The molecule has 2 heterocycles. The van der Waals surface area contributed by atoms with Gasteiger partial charge in [0.1, 0.15) is 6.04 Å². The van der Waals surface area contributed by atoms with E-state index in [4.69, 9.17) is 18.9 Å². The van der Waals surface area contributed by atoms with Crippen LogP contribution in [-0.4, -0.2) is 106 Å². The van der Waals surface area contributed by atoms with Gasteiger partial charge in [-0.25, -0.2) is 0 Å². The van der Waals surface area contributed by atoms with Crippen LogP contribution in [0.1, 0.15) is 40.5 Å². The summed E-state index contributed by atoms with van der Waals surface area (Å²) in [5.74, 6) is -2.21. The summed E-state index contributed by atoms with van der Waals surface area (Å²) in [7, 11) is 0. The number of nitrogens with zero attached hydrogens (tertiary/aromatic N) is 1. The molecule has 2 aliphatic heterocycles. The molecule has 0 radical (unpaired) electrons. The van der Waals surface area contributed by atoms with Gasteiger partial charge >= 0.3 is 0 Å². The highest BCUT2D eigenvalue weighted by Gasteiger charge is 2.44. The Kier molecular flexibility index (Phi) is 11.6. The molecule has 38 heavy (non-hydrogen) atoms. The SMILES string of the molecule is CC(=O)NCCOCCOCCOCCOCCNc1ccc2c(c1)C(=O)N(C1CCC(=O)NC1=O)C2=O.